The second kappa shape index (κ2) is 27.6. The molecule has 0 aliphatic heterocycles. The van der Waals surface area contributed by atoms with E-state index in [9.17, 15) is 4.79 Å². The Morgan fingerprint density at radius 1 is 0.476 bits per heavy atom. The smallest absolute Gasteiger partial charge is 0.248 e. The number of primary amides is 1. The Morgan fingerprint density at radius 2 is 0.762 bits per heavy atom. The van der Waals surface area contributed by atoms with Gasteiger partial charge < -0.3 is 62.6 Å². The van der Waals surface area contributed by atoms with E-state index in [1.807, 2.05) is 0 Å². The van der Waals surface area contributed by atoms with Crippen LogP contribution in [0.2, 0.25) is 0 Å². The number of hydrogen-bond acceptors (Lipinski definition) is 13. The number of methoxy groups -OCH3 is 3. The van der Waals surface area contributed by atoms with Gasteiger partial charge in [0.1, 0.15) is 19.8 Å². The highest BCUT2D eigenvalue weighted by molar-refractivity contribution is 5.94. The Kier molecular flexibility index (Phi) is 24.8. The lowest BCUT2D eigenvalue weighted by atomic mass is 10.1. The summed E-state index contributed by atoms with van der Waals surface area (Å²) in [5.74, 6) is 0.251. The zero-order chi connectivity index (χ0) is 30.5. The monoisotopic (exact) mass is 607 g/mol. The van der Waals surface area contributed by atoms with Crippen LogP contribution < -0.4 is 19.9 Å². The minimum atomic E-state index is -0.637. The van der Waals surface area contributed by atoms with Gasteiger partial charge in [0.2, 0.25) is 11.7 Å². The standard InChI is InChI=1S/C28H49NO13/c1-31-4-7-34-10-13-37-16-19-40-25-22-24(28(29)30)23-26(41-20-17-38-14-11-35-8-5-32-2)27(25)42-21-18-39-15-12-36-9-6-33-3/h22-23H,4-21H2,1-3H3,(H2,29,30). The molecule has 244 valence electrons. The number of hydrogen-bond donors (Lipinski definition) is 1. The molecule has 0 aliphatic carbocycles. The zero-order valence-corrected chi connectivity index (χ0v) is 25.3. The number of nitrogens with two attached hydrogens (primary N) is 1. The van der Waals surface area contributed by atoms with Gasteiger partial charge in [0.15, 0.2) is 11.5 Å². The van der Waals surface area contributed by atoms with Gasteiger partial charge in [0.25, 0.3) is 0 Å². The van der Waals surface area contributed by atoms with E-state index < -0.39 is 5.91 Å². The Morgan fingerprint density at radius 3 is 1.07 bits per heavy atom. The Labute approximate surface area is 248 Å². The van der Waals surface area contributed by atoms with Gasteiger partial charge in [-0.3, -0.25) is 4.79 Å². The molecular formula is C28H49NO13. The first-order chi connectivity index (χ1) is 20.6. The van der Waals surface area contributed by atoms with Gasteiger partial charge >= 0.3 is 0 Å². The van der Waals surface area contributed by atoms with Crippen molar-refractivity contribution in [2.45, 2.75) is 0 Å². The number of carbonyl (C=O) groups excluding carboxylic acids is 1. The van der Waals surface area contributed by atoms with E-state index in [1.165, 1.54) is 12.1 Å². The molecule has 1 amide bonds. The topological polar surface area (TPSA) is 154 Å². The summed E-state index contributed by atoms with van der Waals surface area (Å²) in [5, 5.41) is 0. The normalized spacial score (nSPS) is 11.1. The van der Waals surface area contributed by atoms with E-state index in [2.05, 4.69) is 0 Å². The summed E-state index contributed by atoms with van der Waals surface area (Å²) in [6, 6.07) is 3.02. The Balaban J connectivity index is 2.69. The predicted octanol–water partition coefficient (Wildman–Crippen LogP) is 0.961. The summed E-state index contributed by atoms with van der Waals surface area (Å²) in [5.41, 5.74) is 5.77. The second-order valence-corrected chi connectivity index (χ2v) is 8.36. The van der Waals surface area contributed by atoms with Crippen LogP contribution in [0.1, 0.15) is 10.4 Å². The van der Waals surface area contributed by atoms with Crippen molar-refractivity contribution < 1.29 is 61.6 Å². The first-order valence-corrected chi connectivity index (χ1v) is 13.9. The average Bonchev–Trinajstić information content (AvgIpc) is 2.99. The molecule has 0 saturated carbocycles. The summed E-state index contributed by atoms with van der Waals surface area (Å²) in [6.45, 7) is 7.03. The van der Waals surface area contributed by atoms with Gasteiger partial charge in [-0.1, -0.05) is 0 Å². The summed E-state index contributed by atoms with van der Waals surface area (Å²) >= 11 is 0. The fourth-order valence-electron chi connectivity index (χ4n) is 3.09. The maximum Gasteiger partial charge on any atom is 0.248 e. The van der Waals surface area contributed by atoms with Crippen molar-refractivity contribution >= 4 is 5.91 Å². The van der Waals surface area contributed by atoms with E-state index in [4.69, 9.17) is 62.6 Å². The quantitative estimate of drug-likeness (QED) is 0.119. The van der Waals surface area contributed by atoms with Crippen molar-refractivity contribution in [3.8, 4) is 17.2 Å². The van der Waals surface area contributed by atoms with Crippen LogP contribution in [0.3, 0.4) is 0 Å². The molecule has 1 aromatic carbocycles. The van der Waals surface area contributed by atoms with Crippen LogP contribution in [0, 0.1) is 0 Å². The van der Waals surface area contributed by atoms with Crippen molar-refractivity contribution in [3.63, 3.8) is 0 Å². The van der Waals surface area contributed by atoms with E-state index in [0.29, 0.717) is 91.6 Å². The lowest BCUT2D eigenvalue weighted by Gasteiger charge is -2.18. The number of amides is 1. The molecule has 0 saturated heterocycles. The third kappa shape index (κ3) is 19.8. The van der Waals surface area contributed by atoms with Gasteiger partial charge in [-0.2, -0.15) is 0 Å². The van der Waals surface area contributed by atoms with Crippen molar-refractivity contribution in [1.82, 2.24) is 0 Å². The summed E-state index contributed by atoms with van der Waals surface area (Å²) in [7, 11) is 4.84. The predicted molar refractivity (Wildman–Crippen MR) is 152 cm³/mol. The fourth-order valence-corrected chi connectivity index (χ4v) is 3.09. The lowest BCUT2D eigenvalue weighted by molar-refractivity contribution is 0.0146. The third-order valence-electron chi connectivity index (χ3n) is 5.16. The number of rotatable bonds is 31. The highest BCUT2D eigenvalue weighted by Crippen LogP contribution is 2.39. The molecule has 0 atom stereocenters. The lowest BCUT2D eigenvalue weighted by Crippen LogP contribution is -2.17. The van der Waals surface area contributed by atoms with Crippen LogP contribution in [0.4, 0.5) is 0 Å². The first-order valence-electron chi connectivity index (χ1n) is 13.9. The van der Waals surface area contributed by atoms with E-state index in [1.54, 1.807) is 21.3 Å². The Hall–Kier alpha value is -2.27. The van der Waals surface area contributed by atoms with Crippen LogP contribution in [-0.2, 0) is 42.6 Å². The van der Waals surface area contributed by atoms with Crippen LogP contribution in [0.15, 0.2) is 12.1 Å². The molecule has 0 bridgehead atoms. The molecule has 0 aromatic heterocycles. The van der Waals surface area contributed by atoms with Crippen molar-refractivity contribution in [3.05, 3.63) is 17.7 Å². The SMILES string of the molecule is COCCOCCOCCOc1cc(C(N)=O)cc(OCCOCCOCCOC)c1OCCOCCOCCOC. The van der Waals surface area contributed by atoms with Crippen molar-refractivity contribution in [2.24, 2.45) is 5.73 Å². The maximum absolute atomic E-state index is 12.0. The van der Waals surface area contributed by atoms with E-state index in [0.717, 1.165) is 0 Å². The number of benzene rings is 1. The molecule has 0 unspecified atom stereocenters. The molecule has 14 nitrogen and oxygen atoms in total. The van der Waals surface area contributed by atoms with E-state index >= 15 is 0 Å². The highest BCUT2D eigenvalue weighted by Gasteiger charge is 2.18. The molecule has 1 rings (SSSR count). The molecule has 42 heavy (non-hydrogen) atoms. The molecule has 2 N–H and O–H groups in total. The van der Waals surface area contributed by atoms with Crippen LogP contribution in [-0.4, -0.2) is 146 Å². The maximum atomic E-state index is 12.0. The third-order valence-corrected chi connectivity index (χ3v) is 5.16. The molecule has 0 fully saturated rings. The fraction of sp³-hybridized carbons (Fsp3) is 0.750. The van der Waals surface area contributed by atoms with Gasteiger partial charge in [0, 0.05) is 26.9 Å². The molecule has 0 radical (unpaired) electrons. The first kappa shape index (κ1) is 37.8. The summed E-state index contributed by atoms with van der Waals surface area (Å²) < 4.78 is 65.4. The van der Waals surface area contributed by atoms with E-state index in [-0.39, 0.29) is 50.1 Å². The molecule has 14 heteroatoms. The van der Waals surface area contributed by atoms with Crippen molar-refractivity contribution in [1.29, 1.82) is 0 Å². The van der Waals surface area contributed by atoms with Gasteiger partial charge in [-0.25, -0.2) is 0 Å². The largest absolute Gasteiger partial charge is 0.487 e. The van der Waals surface area contributed by atoms with Crippen LogP contribution in [0.25, 0.3) is 0 Å². The van der Waals surface area contributed by atoms with Gasteiger partial charge in [-0.05, 0) is 12.1 Å². The number of carbonyl (C=O) groups is 1. The molecule has 0 spiro atoms. The van der Waals surface area contributed by atoms with Gasteiger partial charge in [-0.15, -0.1) is 0 Å². The van der Waals surface area contributed by atoms with Crippen LogP contribution in [0.5, 0.6) is 17.2 Å². The summed E-state index contributed by atoms with van der Waals surface area (Å²) in [4.78, 5) is 12.0. The summed E-state index contributed by atoms with van der Waals surface area (Å²) in [6.07, 6.45) is 0. The van der Waals surface area contributed by atoms with Crippen LogP contribution >= 0.6 is 0 Å². The zero-order valence-electron chi connectivity index (χ0n) is 25.3. The average molecular weight is 608 g/mol. The molecule has 0 aliphatic rings. The second-order valence-electron chi connectivity index (χ2n) is 8.36. The highest BCUT2D eigenvalue weighted by atomic mass is 16.6. The minimum Gasteiger partial charge on any atom is -0.487 e. The molecule has 0 heterocycles. The van der Waals surface area contributed by atoms with Gasteiger partial charge in [0.05, 0.1) is 99.1 Å². The molecular weight excluding hydrogens is 558 g/mol. The number of ether oxygens (including phenoxy) is 12. The molecule has 1 aromatic rings. The Bertz CT molecular complexity index is 741. The minimum absolute atomic E-state index is 0.192. The van der Waals surface area contributed by atoms with Crippen molar-refractivity contribution in [2.75, 3.05) is 140 Å².